The Labute approximate surface area is 99.9 Å². The molecule has 2 rings (SSSR count). The van der Waals surface area contributed by atoms with Gasteiger partial charge in [-0.1, -0.05) is 17.7 Å². The standard InChI is InChI=1S/C13H12ClNO/c1-9-3-6-13(15-8-9)11-7-10(16-2)4-5-12(11)14/h3-8H,1-2H3. The average Bonchev–Trinajstić information content (AvgIpc) is 2.31. The molecule has 2 nitrogen and oxygen atoms in total. The van der Waals surface area contributed by atoms with Gasteiger partial charge in [-0.3, -0.25) is 4.98 Å². The smallest absolute Gasteiger partial charge is 0.119 e. The van der Waals surface area contributed by atoms with Crippen molar-refractivity contribution in [1.82, 2.24) is 4.98 Å². The Morgan fingerprint density at radius 3 is 2.62 bits per heavy atom. The molecule has 16 heavy (non-hydrogen) atoms. The van der Waals surface area contributed by atoms with Crippen LogP contribution in [0.3, 0.4) is 0 Å². The van der Waals surface area contributed by atoms with Gasteiger partial charge in [0.15, 0.2) is 0 Å². The zero-order chi connectivity index (χ0) is 11.5. The maximum atomic E-state index is 6.13. The fourth-order valence-electron chi connectivity index (χ4n) is 1.45. The van der Waals surface area contributed by atoms with Crippen LogP contribution < -0.4 is 4.74 Å². The van der Waals surface area contributed by atoms with E-state index in [2.05, 4.69) is 4.98 Å². The first-order valence-corrected chi connectivity index (χ1v) is 5.35. The topological polar surface area (TPSA) is 22.1 Å². The van der Waals surface area contributed by atoms with Crippen LogP contribution in [0.1, 0.15) is 5.56 Å². The third-order valence-corrected chi connectivity index (χ3v) is 2.69. The molecule has 2 aromatic rings. The van der Waals surface area contributed by atoms with E-state index in [9.17, 15) is 0 Å². The van der Waals surface area contributed by atoms with Crippen LogP contribution in [-0.2, 0) is 0 Å². The first-order chi connectivity index (χ1) is 7.70. The third-order valence-electron chi connectivity index (χ3n) is 2.36. The SMILES string of the molecule is COc1ccc(Cl)c(-c2ccc(C)cn2)c1. The van der Waals surface area contributed by atoms with Gasteiger partial charge in [-0.15, -0.1) is 0 Å². The number of ether oxygens (including phenoxy) is 1. The first kappa shape index (κ1) is 11.0. The molecular formula is C13H12ClNO. The summed E-state index contributed by atoms with van der Waals surface area (Å²) in [7, 11) is 1.63. The highest BCUT2D eigenvalue weighted by Gasteiger charge is 2.06. The molecule has 0 radical (unpaired) electrons. The molecule has 1 heterocycles. The van der Waals surface area contributed by atoms with E-state index >= 15 is 0 Å². The van der Waals surface area contributed by atoms with Gasteiger partial charge in [0.1, 0.15) is 5.75 Å². The summed E-state index contributed by atoms with van der Waals surface area (Å²) in [4.78, 5) is 4.34. The zero-order valence-corrected chi connectivity index (χ0v) is 9.95. The highest BCUT2D eigenvalue weighted by atomic mass is 35.5. The van der Waals surface area contributed by atoms with E-state index in [1.54, 1.807) is 7.11 Å². The molecule has 0 bridgehead atoms. The number of rotatable bonds is 2. The molecule has 0 saturated carbocycles. The van der Waals surface area contributed by atoms with Crippen molar-refractivity contribution in [3.05, 3.63) is 47.1 Å². The summed E-state index contributed by atoms with van der Waals surface area (Å²) in [6.07, 6.45) is 1.82. The highest BCUT2D eigenvalue weighted by Crippen LogP contribution is 2.30. The summed E-state index contributed by atoms with van der Waals surface area (Å²) in [5.74, 6) is 0.779. The van der Waals surface area contributed by atoms with Gasteiger partial charge in [0.25, 0.3) is 0 Å². The molecule has 82 valence electrons. The molecular weight excluding hydrogens is 222 g/mol. The van der Waals surface area contributed by atoms with Crippen LogP contribution in [0, 0.1) is 6.92 Å². The molecule has 0 fully saturated rings. The minimum atomic E-state index is 0.678. The van der Waals surface area contributed by atoms with Crippen LogP contribution in [0.25, 0.3) is 11.3 Å². The Morgan fingerprint density at radius 1 is 1.19 bits per heavy atom. The number of methoxy groups -OCH3 is 1. The molecule has 1 aromatic heterocycles. The fourth-order valence-corrected chi connectivity index (χ4v) is 1.67. The van der Waals surface area contributed by atoms with Gasteiger partial charge in [-0.25, -0.2) is 0 Å². The Hall–Kier alpha value is -1.54. The second-order valence-electron chi connectivity index (χ2n) is 3.57. The molecule has 0 saturated heterocycles. The number of nitrogens with zero attached hydrogens (tertiary/aromatic N) is 1. The van der Waals surface area contributed by atoms with Crippen LogP contribution >= 0.6 is 11.6 Å². The lowest BCUT2D eigenvalue weighted by Crippen LogP contribution is -1.88. The van der Waals surface area contributed by atoms with Gasteiger partial charge in [0.2, 0.25) is 0 Å². The van der Waals surface area contributed by atoms with E-state index in [0.29, 0.717) is 5.02 Å². The lowest BCUT2D eigenvalue weighted by atomic mass is 10.1. The van der Waals surface area contributed by atoms with E-state index in [1.165, 1.54) is 0 Å². The Morgan fingerprint density at radius 2 is 2.00 bits per heavy atom. The predicted octanol–water partition coefficient (Wildman–Crippen LogP) is 3.72. The number of hydrogen-bond acceptors (Lipinski definition) is 2. The molecule has 0 spiro atoms. The lowest BCUT2D eigenvalue weighted by Gasteiger charge is -2.06. The summed E-state index contributed by atoms with van der Waals surface area (Å²) in [5.41, 5.74) is 2.87. The quantitative estimate of drug-likeness (QED) is 0.789. The molecule has 3 heteroatoms. The fraction of sp³-hybridized carbons (Fsp3) is 0.154. The van der Waals surface area contributed by atoms with Crippen molar-refractivity contribution in [2.24, 2.45) is 0 Å². The van der Waals surface area contributed by atoms with Crippen LogP contribution in [0.15, 0.2) is 36.5 Å². The monoisotopic (exact) mass is 233 g/mol. The van der Waals surface area contributed by atoms with Gasteiger partial charge in [0.05, 0.1) is 17.8 Å². The number of aromatic nitrogens is 1. The Bertz CT molecular complexity index is 494. The summed E-state index contributed by atoms with van der Waals surface area (Å²) in [6.45, 7) is 2.00. The van der Waals surface area contributed by atoms with Gasteiger partial charge >= 0.3 is 0 Å². The van der Waals surface area contributed by atoms with E-state index in [0.717, 1.165) is 22.6 Å². The van der Waals surface area contributed by atoms with E-state index in [1.807, 2.05) is 43.5 Å². The highest BCUT2D eigenvalue weighted by molar-refractivity contribution is 6.33. The van der Waals surface area contributed by atoms with E-state index < -0.39 is 0 Å². The normalized spacial score (nSPS) is 10.2. The summed E-state index contributed by atoms with van der Waals surface area (Å²) < 4.78 is 5.17. The van der Waals surface area contributed by atoms with Crippen LogP contribution in [0.4, 0.5) is 0 Å². The number of hydrogen-bond donors (Lipinski definition) is 0. The van der Waals surface area contributed by atoms with Crippen molar-refractivity contribution >= 4 is 11.6 Å². The summed E-state index contributed by atoms with van der Waals surface area (Å²) in [5, 5.41) is 0.678. The molecule has 1 aromatic carbocycles. The molecule has 0 amide bonds. The molecule has 0 aliphatic heterocycles. The lowest BCUT2D eigenvalue weighted by molar-refractivity contribution is 0.415. The number of aryl methyl sites for hydroxylation is 1. The minimum Gasteiger partial charge on any atom is -0.497 e. The summed E-state index contributed by atoms with van der Waals surface area (Å²) >= 11 is 6.13. The number of pyridine rings is 1. The molecule has 0 atom stereocenters. The van der Waals surface area contributed by atoms with Gasteiger partial charge in [-0.2, -0.15) is 0 Å². The Balaban J connectivity index is 2.50. The van der Waals surface area contributed by atoms with Crippen LogP contribution in [-0.4, -0.2) is 12.1 Å². The maximum absolute atomic E-state index is 6.13. The van der Waals surface area contributed by atoms with E-state index in [-0.39, 0.29) is 0 Å². The van der Waals surface area contributed by atoms with Crippen molar-refractivity contribution in [1.29, 1.82) is 0 Å². The zero-order valence-electron chi connectivity index (χ0n) is 9.20. The molecule has 0 N–H and O–H groups in total. The van der Waals surface area contributed by atoms with Crippen molar-refractivity contribution in [3.8, 4) is 17.0 Å². The summed E-state index contributed by atoms with van der Waals surface area (Å²) in [6, 6.07) is 9.51. The van der Waals surface area contributed by atoms with E-state index in [4.69, 9.17) is 16.3 Å². The first-order valence-electron chi connectivity index (χ1n) is 4.97. The van der Waals surface area contributed by atoms with Crippen molar-refractivity contribution in [2.45, 2.75) is 6.92 Å². The Kier molecular flexibility index (Phi) is 3.11. The molecule has 0 unspecified atom stereocenters. The van der Waals surface area contributed by atoms with Crippen LogP contribution in [0.2, 0.25) is 5.02 Å². The van der Waals surface area contributed by atoms with Crippen molar-refractivity contribution in [3.63, 3.8) is 0 Å². The van der Waals surface area contributed by atoms with Crippen molar-refractivity contribution in [2.75, 3.05) is 7.11 Å². The van der Waals surface area contributed by atoms with Crippen LogP contribution in [0.5, 0.6) is 5.75 Å². The maximum Gasteiger partial charge on any atom is 0.119 e. The number of benzene rings is 1. The third kappa shape index (κ3) is 2.17. The average molecular weight is 234 g/mol. The largest absolute Gasteiger partial charge is 0.497 e. The number of halogens is 1. The minimum absolute atomic E-state index is 0.678. The van der Waals surface area contributed by atoms with Crippen molar-refractivity contribution < 1.29 is 4.74 Å². The predicted molar refractivity (Wildman–Crippen MR) is 66.0 cm³/mol. The second-order valence-corrected chi connectivity index (χ2v) is 3.97. The van der Waals surface area contributed by atoms with Gasteiger partial charge < -0.3 is 4.74 Å². The second kappa shape index (κ2) is 4.54. The molecule has 0 aliphatic carbocycles. The molecule has 0 aliphatic rings. The van der Waals surface area contributed by atoms with Gasteiger partial charge in [-0.05, 0) is 36.8 Å². The van der Waals surface area contributed by atoms with Gasteiger partial charge in [0, 0.05) is 11.8 Å².